The normalized spacial score (nSPS) is 13.9. The maximum absolute atomic E-state index is 12.7. The summed E-state index contributed by atoms with van der Waals surface area (Å²) in [5.74, 6) is -1.43. The van der Waals surface area contributed by atoms with Gasteiger partial charge in [-0.15, -0.1) is 0 Å². The van der Waals surface area contributed by atoms with Crippen LogP contribution in [0.4, 0.5) is 0 Å². The van der Waals surface area contributed by atoms with Crippen LogP contribution >= 0.6 is 15.4 Å². The van der Waals surface area contributed by atoms with Crippen molar-refractivity contribution >= 4 is 15.4 Å². The molecule has 0 saturated heterocycles. The van der Waals surface area contributed by atoms with Gasteiger partial charge in [0.05, 0.1) is 13.2 Å². The fourth-order valence-electron chi connectivity index (χ4n) is 1.77. The van der Waals surface area contributed by atoms with E-state index in [4.69, 9.17) is 18.8 Å². The summed E-state index contributed by atoms with van der Waals surface area (Å²) in [6.45, 7) is 3.54. The van der Waals surface area contributed by atoms with E-state index in [1.54, 1.807) is 32.3 Å². The number of nitrogens with zero attached hydrogens (tertiary/aromatic N) is 1. The summed E-state index contributed by atoms with van der Waals surface area (Å²) in [6, 6.07) is 3.58. The minimum atomic E-state index is -4.86. The van der Waals surface area contributed by atoms with Crippen molar-refractivity contribution in [3.05, 3.63) is 30.1 Å². The van der Waals surface area contributed by atoms with E-state index < -0.39 is 21.3 Å². The molecule has 9 nitrogen and oxygen atoms in total. The van der Waals surface area contributed by atoms with Crippen molar-refractivity contribution in [3.63, 3.8) is 0 Å². The smallest absolute Gasteiger partial charge is 0.309 e. The Labute approximate surface area is 135 Å². The Bertz CT molecular complexity index is 542. The van der Waals surface area contributed by atoms with E-state index >= 15 is 0 Å². The lowest BCUT2D eigenvalue weighted by Gasteiger charge is -2.26. The summed E-state index contributed by atoms with van der Waals surface area (Å²) in [5, 5.41) is 2.91. The van der Waals surface area contributed by atoms with Crippen LogP contribution in [0, 0.1) is 0 Å². The van der Waals surface area contributed by atoms with Gasteiger partial charge in [-0.3, -0.25) is 14.1 Å². The molecule has 3 N–H and O–H groups in total. The maximum atomic E-state index is 12.7. The minimum Gasteiger partial charge on any atom is -0.309 e. The molecule has 1 unspecified atom stereocenters. The third-order valence-corrected chi connectivity index (χ3v) is 5.53. The zero-order valence-corrected chi connectivity index (χ0v) is 14.8. The zero-order valence-electron chi connectivity index (χ0n) is 13.0. The van der Waals surface area contributed by atoms with Crippen LogP contribution in [-0.4, -0.2) is 40.4 Å². The Balaban J connectivity index is 2.78. The summed E-state index contributed by atoms with van der Waals surface area (Å²) in [6.07, 6.45) is 3.26. The predicted molar refractivity (Wildman–Crippen MR) is 83.7 cm³/mol. The SMILES string of the molecule is CCOP(=O)(OCC)C(CNCc1cccnc1)OP(=O)(O)O. The monoisotopic (exact) mass is 368 g/mol. The number of rotatable bonds is 11. The second-order valence-corrected chi connectivity index (χ2v) is 7.78. The minimum absolute atomic E-state index is 0.0565. The average molecular weight is 368 g/mol. The predicted octanol–water partition coefficient (Wildman–Crippen LogP) is 1.87. The Morgan fingerprint density at radius 1 is 1.26 bits per heavy atom. The molecular weight excluding hydrogens is 346 g/mol. The van der Waals surface area contributed by atoms with Crippen molar-refractivity contribution in [3.8, 4) is 0 Å². The first-order valence-corrected chi connectivity index (χ1v) is 10.2. The molecule has 0 aliphatic heterocycles. The summed E-state index contributed by atoms with van der Waals surface area (Å²) in [5.41, 5.74) is 0.852. The van der Waals surface area contributed by atoms with Gasteiger partial charge < -0.3 is 24.2 Å². The second-order valence-electron chi connectivity index (χ2n) is 4.42. The van der Waals surface area contributed by atoms with Crippen LogP contribution in [0.5, 0.6) is 0 Å². The van der Waals surface area contributed by atoms with E-state index in [0.29, 0.717) is 6.54 Å². The van der Waals surface area contributed by atoms with Crippen LogP contribution in [0.15, 0.2) is 24.5 Å². The van der Waals surface area contributed by atoms with Gasteiger partial charge in [-0.2, -0.15) is 0 Å². The highest BCUT2D eigenvalue weighted by Gasteiger charge is 2.40. The van der Waals surface area contributed by atoms with E-state index in [0.717, 1.165) is 5.56 Å². The molecule has 1 atom stereocenters. The molecule has 0 bridgehead atoms. The standard InChI is InChI=1S/C12H22N2O7P2/c1-3-19-22(15,20-4-2)12(21-23(16,17)18)10-14-9-11-6-5-7-13-8-11/h5-8,12,14H,3-4,9-10H2,1-2H3,(H2,16,17,18). The summed E-state index contributed by atoms with van der Waals surface area (Å²) < 4.78 is 38.6. The number of pyridine rings is 1. The van der Waals surface area contributed by atoms with Gasteiger partial charge in [-0.1, -0.05) is 6.07 Å². The molecular formula is C12H22N2O7P2. The molecule has 11 heteroatoms. The van der Waals surface area contributed by atoms with Crippen LogP contribution in [0.1, 0.15) is 19.4 Å². The van der Waals surface area contributed by atoms with Crippen molar-refractivity contribution in [2.45, 2.75) is 26.2 Å². The first-order chi connectivity index (χ1) is 10.8. The Morgan fingerprint density at radius 2 is 1.91 bits per heavy atom. The molecule has 1 aromatic heterocycles. The van der Waals surface area contributed by atoms with E-state index in [-0.39, 0.29) is 19.8 Å². The molecule has 1 aromatic rings. The van der Waals surface area contributed by atoms with Crippen molar-refractivity contribution in [1.82, 2.24) is 10.3 Å². The highest BCUT2D eigenvalue weighted by atomic mass is 31.2. The van der Waals surface area contributed by atoms with Crippen molar-refractivity contribution in [1.29, 1.82) is 0 Å². The van der Waals surface area contributed by atoms with Gasteiger partial charge in [0.2, 0.25) is 0 Å². The second kappa shape index (κ2) is 9.61. The lowest BCUT2D eigenvalue weighted by Crippen LogP contribution is -2.30. The van der Waals surface area contributed by atoms with Crippen molar-refractivity contribution in [2.75, 3.05) is 19.8 Å². The quantitative estimate of drug-likeness (QED) is 0.502. The molecule has 0 aromatic carbocycles. The summed E-state index contributed by atoms with van der Waals surface area (Å²) in [4.78, 5) is 22.0. The van der Waals surface area contributed by atoms with Gasteiger partial charge in [0.15, 0.2) is 5.85 Å². The van der Waals surface area contributed by atoms with Gasteiger partial charge in [0.1, 0.15) is 0 Å². The molecule has 0 amide bonds. The van der Waals surface area contributed by atoms with Gasteiger partial charge in [-0.25, -0.2) is 4.57 Å². The Kier molecular flexibility index (Phi) is 8.53. The molecule has 23 heavy (non-hydrogen) atoms. The van der Waals surface area contributed by atoms with Crippen LogP contribution in [0.25, 0.3) is 0 Å². The zero-order chi connectivity index (χ0) is 17.3. The van der Waals surface area contributed by atoms with E-state index in [1.807, 2.05) is 6.07 Å². The number of aromatic nitrogens is 1. The lowest BCUT2D eigenvalue weighted by molar-refractivity contribution is 0.127. The Morgan fingerprint density at radius 3 is 2.39 bits per heavy atom. The lowest BCUT2D eigenvalue weighted by atomic mass is 10.3. The molecule has 0 saturated carbocycles. The molecule has 0 spiro atoms. The third kappa shape index (κ3) is 7.65. The number of phosphoric acid groups is 1. The highest BCUT2D eigenvalue weighted by Crippen LogP contribution is 2.57. The number of phosphoric ester groups is 1. The van der Waals surface area contributed by atoms with Gasteiger partial charge in [0.25, 0.3) is 0 Å². The van der Waals surface area contributed by atoms with Crippen molar-refractivity contribution < 1.29 is 32.5 Å². The third-order valence-electron chi connectivity index (χ3n) is 2.60. The largest absolute Gasteiger partial charge is 0.470 e. The fraction of sp³-hybridized carbons (Fsp3) is 0.583. The van der Waals surface area contributed by atoms with Gasteiger partial charge in [-0.05, 0) is 25.5 Å². The van der Waals surface area contributed by atoms with E-state index in [9.17, 15) is 9.13 Å². The molecule has 0 radical (unpaired) electrons. The fourth-order valence-corrected chi connectivity index (χ4v) is 4.47. The average Bonchev–Trinajstić information content (AvgIpc) is 2.46. The summed E-state index contributed by atoms with van der Waals surface area (Å²) >= 11 is 0. The van der Waals surface area contributed by atoms with Gasteiger partial charge >= 0.3 is 15.4 Å². The molecule has 1 heterocycles. The number of hydrogen-bond acceptors (Lipinski definition) is 7. The number of nitrogens with one attached hydrogen (secondary N) is 1. The molecule has 1 rings (SSSR count). The van der Waals surface area contributed by atoms with Crippen LogP contribution in [0.2, 0.25) is 0 Å². The molecule has 132 valence electrons. The molecule has 0 fully saturated rings. The molecule has 0 aliphatic carbocycles. The van der Waals surface area contributed by atoms with E-state index in [2.05, 4.69) is 14.8 Å². The molecule has 0 aliphatic rings. The topological polar surface area (TPSA) is 127 Å². The van der Waals surface area contributed by atoms with Gasteiger partial charge in [0, 0.05) is 25.5 Å². The maximum Gasteiger partial charge on any atom is 0.470 e. The highest BCUT2D eigenvalue weighted by molar-refractivity contribution is 7.55. The van der Waals surface area contributed by atoms with Crippen molar-refractivity contribution in [2.24, 2.45) is 0 Å². The number of hydrogen-bond donors (Lipinski definition) is 3. The first kappa shape index (κ1) is 20.4. The Hall–Kier alpha value is -0.630. The van der Waals surface area contributed by atoms with Crippen LogP contribution in [0.3, 0.4) is 0 Å². The van der Waals surface area contributed by atoms with E-state index in [1.165, 1.54) is 0 Å². The van der Waals surface area contributed by atoms with Crippen LogP contribution in [-0.2, 0) is 29.2 Å². The summed E-state index contributed by atoms with van der Waals surface area (Å²) in [7, 11) is -8.70. The van der Waals surface area contributed by atoms with Crippen LogP contribution < -0.4 is 5.32 Å². The first-order valence-electron chi connectivity index (χ1n) is 7.03.